The minimum absolute atomic E-state index is 0.565. The predicted molar refractivity (Wildman–Crippen MR) is 48.9 cm³/mol. The molecule has 5 heteroatoms. The third-order valence-electron chi connectivity index (χ3n) is 1.68. The monoisotopic (exact) mass is 182 g/mol. The molecule has 62 valence electrons. The Bertz CT molecular complexity index is 409. The van der Waals surface area contributed by atoms with Crippen molar-refractivity contribution in [1.29, 1.82) is 0 Å². The molecule has 1 aromatic carbocycles. The molecule has 0 unspecified atom stereocenters. The van der Waals surface area contributed by atoms with Crippen LogP contribution in [0.5, 0.6) is 0 Å². The molecule has 0 atom stereocenters. The molecule has 0 bridgehead atoms. The van der Waals surface area contributed by atoms with Crippen LogP contribution in [0.15, 0.2) is 18.2 Å². The zero-order chi connectivity index (χ0) is 8.55. The van der Waals surface area contributed by atoms with Crippen LogP contribution in [0.2, 0.25) is 5.02 Å². The number of aromatic nitrogens is 2. The van der Waals surface area contributed by atoms with Crippen LogP contribution in [0, 0.1) is 0 Å². The summed E-state index contributed by atoms with van der Waals surface area (Å²) in [5, 5.41) is 8.19. The van der Waals surface area contributed by atoms with Gasteiger partial charge in [-0.3, -0.25) is 5.10 Å². The number of hydrazine groups is 1. The van der Waals surface area contributed by atoms with E-state index in [1.807, 2.05) is 12.1 Å². The fraction of sp³-hybridized carbons (Fsp3) is 0. The highest BCUT2D eigenvalue weighted by Crippen LogP contribution is 2.27. The Hall–Kier alpha value is -1.26. The number of nitrogen functional groups attached to an aromatic ring is 1. The molecular formula is C7H7ClN4. The number of H-pyrrole nitrogens is 1. The van der Waals surface area contributed by atoms with Crippen molar-refractivity contribution in [3.63, 3.8) is 0 Å². The summed E-state index contributed by atoms with van der Waals surface area (Å²) >= 11 is 5.93. The van der Waals surface area contributed by atoms with E-state index in [1.54, 1.807) is 6.07 Å². The van der Waals surface area contributed by atoms with Crippen LogP contribution in [0.4, 0.5) is 5.82 Å². The number of rotatable bonds is 1. The second-order valence-electron chi connectivity index (χ2n) is 2.38. The summed E-state index contributed by atoms with van der Waals surface area (Å²) in [5.41, 5.74) is 3.33. The zero-order valence-electron chi connectivity index (χ0n) is 6.13. The zero-order valence-corrected chi connectivity index (χ0v) is 6.89. The third-order valence-corrected chi connectivity index (χ3v) is 1.99. The van der Waals surface area contributed by atoms with Gasteiger partial charge in [-0.2, -0.15) is 5.10 Å². The summed E-state index contributed by atoms with van der Waals surface area (Å²) in [6, 6.07) is 5.53. The predicted octanol–water partition coefficient (Wildman–Crippen LogP) is 1.50. The fourth-order valence-electron chi connectivity index (χ4n) is 1.13. The Morgan fingerprint density at radius 1 is 1.50 bits per heavy atom. The fourth-order valence-corrected chi connectivity index (χ4v) is 1.40. The molecule has 4 nitrogen and oxygen atoms in total. The van der Waals surface area contributed by atoms with E-state index in [0.29, 0.717) is 10.8 Å². The van der Waals surface area contributed by atoms with Crippen LogP contribution < -0.4 is 11.3 Å². The van der Waals surface area contributed by atoms with E-state index in [0.717, 1.165) is 10.9 Å². The van der Waals surface area contributed by atoms with Gasteiger partial charge in [0.2, 0.25) is 0 Å². The first-order valence-electron chi connectivity index (χ1n) is 3.42. The average Bonchev–Trinajstić information content (AvgIpc) is 2.49. The van der Waals surface area contributed by atoms with Crippen molar-refractivity contribution in [3.8, 4) is 0 Å². The smallest absolute Gasteiger partial charge is 0.171 e. The van der Waals surface area contributed by atoms with Crippen molar-refractivity contribution in [2.45, 2.75) is 0 Å². The van der Waals surface area contributed by atoms with Crippen LogP contribution in [0.25, 0.3) is 10.9 Å². The molecule has 0 aliphatic carbocycles. The van der Waals surface area contributed by atoms with Crippen molar-refractivity contribution in [1.82, 2.24) is 10.2 Å². The van der Waals surface area contributed by atoms with E-state index in [1.165, 1.54) is 0 Å². The second kappa shape index (κ2) is 2.66. The lowest BCUT2D eigenvalue weighted by molar-refractivity contribution is 1.10. The Kier molecular flexibility index (Phi) is 1.64. The number of fused-ring (bicyclic) bond motifs is 1. The van der Waals surface area contributed by atoms with Gasteiger partial charge in [-0.15, -0.1) is 0 Å². The number of nitrogens with zero attached hydrogens (tertiary/aromatic N) is 1. The Morgan fingerprint density at radius 3 is 3.08 bits per heavy atom. The summed E-state index contributed by atoms with van der Waals surface area (Å²) < 4.78 is 0. The van der Waals surface area contributed by atoms with E-state index in [2.05, 4.69) is 15.6 Å². The first kappa shape index (κ1) is 7.39. The van der Waals surface area contributed by atoms with Crippen LogP contribution in [0.3, 0.4) is 0 Å². The van der Waals surface area contributed by atoms with E-state index >= 15 is 0 Å². The molecule has 0 aliphatic heterocycles. The SMILES string of the molecule is NNc1n[nH]c2cccc(Cl)c12. The first-order valence-corrected chi connectivity index (χ1v) is 3.80. The molecule has 4 N–H and O–H groups in total. The van der Waals surface area contributed by atoms with Crippen LogP contribution in [0.1, 0.15) is 0 Å². The van der Waals surface area contributed by atoms with E-state index < -0.39 is 0 Å². The molecule has 12 heavy (non-hydrogen) atoms. The Labute approximate surface area is 73.7 Å². The quantitative estimate of drug-likeness (QED) is 0.463. The molecule has 0 amide bonds. The molecule has 0 saturated heterocycles. The summed E-state index contributed by atoms with van der Waals surface area (Å²) in [4.78, 5) is 0. The van der Waals surface area contributed by atoms with Gasteiger partial charge in [0.15, 0.2) is 5.82 Å². The number of aromatic amines is 1. The number of anilines is 1. The Balaban J connectivity index is 2.83. The van der Waals surface area contributed by atoms with Crippen molar-refractivity contribution in [2.75, 3.05) is 5.43 Å². The normalized spacial score (nSPS) is 10.5. The first-order chi connectivity index (χ1) is 5.83. The van der Waals surface area contributed by atoms with Crippen molar-refractivity contribution in [2.24, 2.45) is 5.84 Å². The number of hydrogen-bond acceptors (Lipinski definition) is 3. The van der Waals surface area contributed by atoms with Crippen molar-refractivity contribution in [3.05, 3.63) is 23.2 Å². The lowest BCUT2D eigenvalue weighted by Gasteiger charge is -1.95. The number of benzene rings is 1. The van der Waals surface area contributed by atoms with Crippen molar-refractivity contribution < 1.29 is 0 Å². The maximum atomic E-state index is 5.93. The van der Waals surface area contributed by atoms with Gasteiger partial charge in [-0.1, -0.05) is 17.7 Å². The van der Waals surface area contributed by atoms with Gasteiger partial charge in [0.1, 0.15) is 0 Å². The standard InChI is InChI=1S/C7H7ClN4/c8-4-2-1-3-5-6(4)7(10-9)12-11-5/h1-3H,9H2,(H2,10,11,12). The molecule has 0 radical (unpaired) electrons. The van der Waals surface area contributed by atoms with Crippen molar-refractivity contribution >= 4 is 28.3 Å². The van der Waals surface area contributed by atoms with E-state index in [4.69, 9.17) is 17.4 Å². The molecule has 2 aromatic rings. The number of halogens is 1. The maximum absolute atomic E-state index is 5.93. The summed E-state index contributed by atoms with van der Waals surface area (Å²) in [6.07, 6.45) is 0. The molecule has 1 heterocycles. The lowest BCUT2D eigenvalue weighted by atomic mass is 10.2. The number of hydrogen-bond donors (Lipinski definition) is 3. The highest BCUT2D eigenvalue weighted by molar-refractivity contribution is 6.36. The van der Waals surface area contributed by atoms with E-state index in [9.17, 15) is 0 Å². The second-order valence-corrected chi connectivity index (χ2v) is 2.79. The van der Waals surface area contributed by atoms with E-state index in [-0.39, 0.29) is 0 Å². The number of nitrogens with two attached hydrogens (primary N) is 1. The van der Waals surface area contributed by atoms with Gasteiger partial charge in [0.05, 0.1) is 15.9 Å². The highest BCUT2D eigenvalue weighted by Gasteiger charge is 2.06. The average molecular weight is 183 g/mol. The van der Waals surface area contributed by atoms with Gasteiger partial charge in [-0.05, 0) is 12.1 Å². The van der Waals surface area contributed by atoms with Gasteiger partial charge in [-0.25, -0.2) is 5.84 Å². The molecule has 1 aromatic heterocycles. The van der Waals surface area contributed by atoms with Crippen LogP contribution in [-0.2, 0) is 0 Å². The van der Waals surface area contributed by atoms with Crippen LogP contribution in [-0.4, -0.2) is 10.2 Å². The Morgan fingerprint density at radius 2 is 2.33 bits per heavy atom. The molecule has 0 spiro atoms. The highest BCUT2D eigenvalue weighted by atomic mass is 35.5. The molecule has 2 rings (SSSR count). The molecular weight excluding hydrogens is 176 g/mol. The lowest BCUT2D eigenvalue weighted by Crippen LogP contribution is -2.07. The largest absolute Gasteiger partial charge is 0.306 e. The molecule has 0 fully saturated rings. The third kappa shape index (κ3) is 0.929. The van der Waals surface area contributed by atoms with Gasteiger partial charge in [0.25, 0.3) is 0 Å². The molecule has 0 aliphatic rings. The van der Waals surface area contributed by atoms with Crippen LogP contribution >= 0.6 is 11.6 Å². The minimum atomic E-state index is 0.565. The molecule has 0 saturated carbocycles. The van der Waals surface area contributed by atoms with Gasteiger partial charge >= 0.3 is 0 Å². The summed E-state index contributed by atoms with van der Waals surface area (Å²) in [7, 11) is 0. The summed E-state index contributed by atoms with van der Waals surface area (Å²) in [5.74, 6) is 5.80. The van der Waals surface area contributed by atoms with Gasteiger partial charge in [0, 0.05) is 0 Å². The summed E-state index contributed by atoms with van der Waals surface area (Å²) in [6.45, 7) is 0. The van der Waals surface area contributed by atoms with Gasteiger partial charge < -0.3 is 5.43 Å². The maximum Gasteiger partial charge on any atom is 0.171 e. The number of nitrogens with one attached hydrogen (secondary N) is 2. The minimum Gasteiger partial charge on any atom is -0.306 e. The topological polar surface area (TPSA) is 66.7 Å².